The lowest BCUT2D eigenvalue weighted by atomic mass is 9.94. The average molecular weight is 173 g/mol. The minimum Gasteiger partial charge on any atom is -0.550 e. The van der Waals surface area contributed by atoms with E-state index in [4.69, 9.17) is 5.11 Å². The molecule has 2 unspecified atom stereocenters. The Morgan fingerprint density at radius 1 is 1.50 bits per heavy atom. The summed E-state index contributed by atoms with van der Waals surface area (Å²) in [6.45, 7) is 3.18. The Morgan fingerprint density at radius 3 is 2.25 bits per heavy atom. The van der Waals surface area contributed by atoms with Gasteiger partial charge in [-0.2, -0.15) is 0 Å². The summed E-state index contributed by atoms with van der Waals surface area (Å²) >= 11 is 0. The number of rotatable bonds is 5. The lowest BCUT2D eigenvalue weighted by Gasteiger charge is -2.16. The number of hydrogen-bond donors (Lipinski definition) is 1. The molecular weight excluding hydrogens is 160 g/mol. The van der Waals surface area contributed by atoms with E-state index in [1.165, 1.54) is 6.92 Å². The molecule has 0 spiro atoms. The minimum atomic E-state index is -1.19. The second-order valence-corrected chi connectivity index (χ2v) is 2.90. The third kappa shape index (κ3) is 3.37. The molecule has 12 heavy (non-hydrogen) atoms. The van der Waals surface area contributed by atoms with E-state index in [0.717, 1.165) is 0 Å². The van der Waals surface area contributed by atoms with Crippen molar-refractivity contribution in [2.24, 2.45) is 11.8 Å². The van der Waals surface area contributed by atoms with Gasteiger partial charge >= 0.3 is 5.97 Å². The van der Waals surface area contributed by atoms with Crippen molar-refractivity contribution < 1.29 is 19.8 Å². The van der Waals surface area contributed by atoms with Crippen molar-refractivity contribution >= 4 is 11.9 Å². The highest BCUT2D eigenvalue weighted by Gasteiger charge is 2.18. The van der Waals surface area contributed by atoms with Gasteiger partial charge in [-0.15, -0.1) is 0 Å². The fourth-order valence-electron chi connectivity index (χ4n) is 0.965. The Labute approximate surface area is 71.2 Å². The number of carboxylic acids is 2. The van der Waals surface area contributed by atoms with Crippen LogP contribution in [0.2, 0.25) is 0 Å². The number of aliphatic carboxylic acids is 2. The van der Waals surface area contributed by atoms with Crippen molar-refractivity contribution in [2.75, 3.05) is 0 Å². The molecule has 1 N–H and O–H groups in total. The van der Waals surface area contributed by atoms with E-state index in [-0.39, 0.29) is 6.42 Å². The predicted octanol–water partition coefficient (Wildman–Crippen LogP) is -0.127. The van der Waals surface area contributed by atoms with Crippen LogP contribution in [0.4, 0.5) is 0 Å². The summed E-state index contributed by atoms with van der Waals surface area (Å²) in [5, 5.41) is 18.9. The van der Waals surface area contributed by atoms with Crippen LogP contribution < -0.4 is 5.11 Å². The van der Waals surface area contributed by atoms with Crippen molar-refractivity contribution in [3.8, 4) is 0 Å². The fraction of sp³-hybridized carbons (Fsp3) is 0.750. The topological polar surface area (TPSA) is 77.4 Å². The van der Waals surface area contributed by atoms with Crippen LogP contribution in [0.1, 0.15) is 26.7 Å². The van der Waals surface area contributed by atoms with Crippen molar-refractivity contribution in [3.63, 3.8) is 0 Å². The van der Waals surface area contributed by atoms with Crippen molar-refractivity contribution in [3.05, 3.63) is 0 Å². The number of carboxylic acid groups (broad SMARTS) is 2. The highest BCUT2D eigenvalue weighted by atomic mass is 16.4. The standard InChI is InChI=1S/C8H14O4/c1-3-6(8(11)12)4-5(2)7(9)10/h5-6H,3-4H2,1-2H3,(H,9,10)(H,11,12)/p-1. The zero-order valence-corrected chi connectivity index (χ0v) is 7.24. The van der Waals surface area contributed by atoms with Crippen LogP contribution in [0.25, 0.3) is 0 Å². The molecule has 0 aromatic carbocycles. The molecule has 0 fully saturated rings. The van der Waals surface area contributed by atoms with Crippen LogP contribution in [-0.4, -0.2) is 17.0 Å². The van der Waals surface area contributed by atoms with Gasteiger partial charge in [-0.05, 0) is 18.8 Å². The summed E-state index contributed by atoms with van der Waals surface area (Å²) in [5.74, 6) is -3.38. The summed E-state index contributed by atoms with van der Waals surface area (Å²) in [5.41, 5.74) is 0. The molecule has 0 amide bonds. The van der Waals surface area contributed by atoms with E-state index in [2.05, 4.69) is 0 Å². The Balaban J connectivity index is 4.02. The molecule has 0 heterocycles. The van der Waals surface area contributed by atoms with Crippen LogP contribution in [0.3, 0.4) is 0 Å². The lowest BCUT2D eigenvalue weighted by molar-refractivity contribution is -0.311. The smallest absolute Gasteiger partial charge is 0.306 e. The van der Waals surface area contributed by atoms with Gasteiger partial charge in [0.1, 0.15) is 0 Å². The summed E-state index contributed by atoms with van der Waals surface area (Å²) in [4.78, 5) is 20.7. The third-order valence-electron chi connectivity index (χ3n) is 1.88. The Kier molecular flexibility index (Phi) is 4.33. The molecule has 0 aliphatic rings. The van der Waals surface area contributed by atoms with E-state index in [1.807, 2.05) is 0 Å². The molecule has 0 saturated carbocycles. The largest absolute Gasteiger partial charge is 0.550 e. The summed E-state index contributed by atoms with van der Waals surface area (Å²) in [6, 6.07) is 0. The van der Waals surface area contributed by atoms with E-state index >= 15 is 0 Å². The molecule has 0 aliphatic carbocycles. The Morgan fingerprint density at radius 2 is 2.00 bits per heavy atom. The highest BCUT2D eigenvalue weighted by Crippen LogP contribution is 2.14. The molecule has 0 aromatic heterocycles. The summed E-state index contributed by atoms with van der Waals surface area (Å²) < 4.78 is 0. The van der Waals surface area contributed by atoms with Crippen molar-refractivity contribution in [1.82, 2.24) is 0 Å². The first-order valence-electron chi connectivity index (χ1n) is 3.92. The zero-order valence-electron chi connectivity index (χ0n) is 7.24. The minimum absolute atomic E-state index is 0.147. The second kappa shape index (κ2) is 4.74. The normalized spacial score (nSPS) is 15.2. The van der Waals surface area contributed by atoms with E-state index in [9.17, 15) is 14.7 Å². The van der Waals surface area contributed by atoms with Crippen LogP contribution in [0, 0.1) is 11.8 Å². The van der Waals surface area contributed by atoms with Gasteiger partial charge in [-0.3, -0.25) is 4.79 Å². The fourth-order valence-corrected chi connectivity index (χ4v) is 0.965. The van der Waals surface area contributed by atoms with Gasteiger partial charge in [0.2, 0.25) is 0 Å². The van der Waals surface area contributed by atoms with Gasteiger partial charge < -0.3 is 15.0 Å². The Bertz CT molecular complexity index is 176. The first kappa shape index (κ1) is 10.9. The molecule has 4 nitrogen and oxygen atoms in total. The van der Waals surface area contributed by atoms with E-state index in [0.29, 0.717) is 6.42 Å². The van der Waals surface area contributed by atoms with Gasteiger partial charge in [-0.1, -0.05) is 13.8 Å². The first-order valence-corrected chi connectivity index (χ1v) is 3.92. The highest BCUT2D eigenvalue weighted by molar-refractivity contribution is 5.72. The molecule has 0 aromatic rings. The van der Waals surface area contributed by atoms with Gasteiger partial charge in [0.15, 0.2) is 0 Å². The lowest BCUT2D eigenvalue weighted by Crippen LogP contribution is -2.32. The number of hydrogen-bond acceptors (Lipinski definition) is 3. The molecule has 0 bridgehead atoms. The SMILES string of the molecule is CCC(CC(C)C(=O)[O-])C(=O)O. The Hall–Kier alpha value is -1.06. The number of carbonyl (C=O) groups is 2. The van der Waals surface area contributed by atoms with Crippen LogP contribution >= 0.6 is 0 Å². The molecule has 0 rings (SSSR count). The molecule has 2 atom stereocenters. The van der Waals surface area contributed by atoms with Gasteiger partial charge in [-0.25, -0.2) is 0 Å². The summed E-state index contributed by atoms with van der Waals surface area (Å²) in [7, 11) is 0. The second-order valence-electron chi connectivity index (χ2n) is 2.90. The maximum absolute atomic E-state index is 10.5. The van der Waals surface area contributed by atoms with Gasteiger partial charge in [0.25, 0.3) is 0 Å². The predicted molar refractivity (Wildman–Crippen MR) is 40.2 cm³/mol. The van der Waals surface area contributed by atoms with Crippen LogP contribution in [0.15, 0.2) is 0 Å². The maximum Gasteiger partial charge on any atom is 0.306 e. The molecule has 0 saturated heterocycles. The van der Waals surface area contributed by atoms with E-state index < -0.39 is 23.8 Å². The quantitative estimate of drug-likeness (QED) is 0.628. The zero-order chi connectivity index (χ0) is 9.72. The molecular formula is C8H13O4-. The van der Waals surface area contributed by atoms with Crippen molar-refractivity contribution in [2.45, 2.75) is 26.7 Å². The van der Waals surface area contributed by atoms with Gasteiger partial charge in [0.05, 0.1) is 5.92 Å². The monoisotopic (exact) mass is 173 g/mol. The maximum atomic E-state index is 10.5. The van der Waals surface area contributed by atoms with Crippen LogP contribution in [-0.2, 0) is 9.59 Å². The average Bonchev–Trinajstić information content (AvgIpc) is 1.98. The molecule has 0 aliphatic heterocycles. The first-order chi connectivity index (χ1) is 5.49. The number of carbonyl (C=O) groups excluding carboxylic acids is 1. The summed E-state index contributed by atoms with van der Waals surface area (Å²) in [6.07, 6.45) is 0.598. The molecule has 0 radical (unpaired) electrons. The third-order valence-corrected chi connectivity index (χ3v) is 1.88. The van der Waals surface area contributed by atoms with E-state index in [1.54, 1.807) is 6.92 Å². The van der Waals surface area contributed by atoms with Crippen LogP contribution in [0.5, 0.6) is 0 Å². The van der Waals surface area contributed by atoms with Crippen molar-refractivity contribution in [1.29, 1.82) is 0 Å². The molecule has 4 heteroatoms. The molecule has 70 valence electrons. The van der Waals surface area contributed by atoms with Gasteiger partial charge in [0, 0.05) is 5.97 Å².